The molecule has 0 aliphatic rings. The first-order chi connectivity index (χ1) is 7.20. The van der Waals surface area contributed by atoms with Gasteiger partial charge in [0.1, 0.15) is 0 Å². The molecule has 0 fully saturated rings. The van der Waals surface area contributed by atoms with Crippen LogP contribution < -0.4 is 5.32 Å². The van der Waals surface area contributed by atoms with Crippen molar-refractivity contribution in [1.29, 1.82) is 0 Å². The second-order valence-electron chi connectivity index (χ2n) is 3.97. The van der Waals surface area contributed by atoms with Crippen LogP contribution in [0.15, 0.2) is 0 Å². The van der Waals surface area contributed by atoms with Gasteiger partial charge < -0.3 is 14.8 Å². The highest BCUT2D eigenvalue weighted by atomic mass is 16.5. The van der Waals surface area contributed by atoms with E-state index in [1.165, 1.54) is 12.8 Å². The topological polar surface area (TPSA) is 30.5 Å². The fourth-order valence-electron chi connectivity index (χ4n) is 1.37. The summed E-state index contributed by atoms with van der Waals surface area (Å²) in [7, 11) is 0. The van der Waals surface area contributed by atoms with Crippen molar-refractivity contribution in [2.75, 3.05) is 26.3 Å². The van der Waals surface area contributed by atoms with Crippen LogP contribution in [0.3, 0.4) is 0 Å². The van der Waals surface area contributed by atoms with Gasteiger partial charge in [-0.05, 0) is 33.7 Å². The zero-order valence-corrected chi connectivity index (χ0v) is 10.7. The summed E-state index contributed by atoms with van der Waals surface area (Å²) in [5.74, 6) is 0. The third-order valence-electron chi connectivity index (χ3n) is 2.16. The standard InChI is InChI=1S/C12H27NO2/c1-5-7-8-13-9-11(3)15-12(4)10-14-6-2/h11-13H,5-10H2,1-4H3. The van der Waals surface area contributed by atoms with E-state index in [2.05, 4.69) is 26.1 Å². The van der Waals surface area contributed by atoms with Gasteiger partial charge in [0.2, 0.25) is 0 Å². The maximum absolute atomic E-state index is 5.75. The molecule has 0 saturated carbocycles. The van der Waals surface area contributed by atoms with Crippen molar-refractivity contribution in [3.05, 3.63) is 0 Å². The summed E-state index contributed by atoms with van der Waals surface area (Å²) >= 11 is 0. The van der Waals surface area contributed by atoms with Gasteiger partial charge in [0.15, 0.2) is 0 Å². The summed E-state index contributed by atoms with van der Waals surface area (Å²) in [4.78, 5) is 0. The van der Waals surface area contributed by atoms with Crippen molar-refractivity contribution in [2.45, 2.75) is 52.7 Å². The van der Waals surface area contributed by atoms with Crippen LogP contribution in [0.5, 0.6) is 0 Å². The summed E-state index contributed by atoms with van der Waals surface area (Å²) in [5, 5.41) is 3.38. The predicted octanol–water partition coefficient (Wildman–Crippen LogP) is 2.21. The quantitative estimate of drug-likeness (QED) is 0.569. The zero-order chi connectivity index (χ0) is 11.5. The molecule has 0 aliphatic carbocycles. The number of unbranched alkanes of at least 4 members (excludes halogenated alkanes) is 1. The van der Waals surface area contributed by atoms with Crippen LogP contribution in [0.4, 0.5) is 0 Å². The van der Waals surface area contributed by atoms with Crippen LogP contribution in [-0.4, -0.2) is 38.5 Å². The van der Waals surface area contributed by atoms with Crippen molar-refractivity contribution in [3.63, 3.8) is 0 Å². The lowest BCUT2D eigenvalue weighted by Gasteiger charge is -2.19. The minimum Gasteiger partial charge on any atom is -0.379 e. The monoisotopic (exact) mass is 217 g/mol. The molecule has 1 N–H and O–H groups in total. The molecule has 2 unspecified atom stereocenters. The SMILES string of the molecule is CCCCNCC(C)OC(C)COCC. The van der Waals surface area contributed by atoms with E-state index in [1.54, 1.807) is 0 Å². The molecule has 3 nitrogen and oxygen atoms in total. The summed E-state index contributed by atoms with van der Waals surface area (Å²) in [6, 6.07) is 0. The molecule has 0 amide bonds. The van der Waals surface area contributed by atoms with E-state index in [1.807, 2.05) is 6.92 Å². The summed E-state index contributed by atoms with van der Waals surface area (Å²) < 4.78 is 11.0. The molecule has 0 aliphatic heterocycles. The molecule has 3 heteroatoms. The van der Waals surface area contributed by atoms with Gasteiger partial charge in [0.25, 0.3) is 0 Å². The third kappa shape index (κ3) is 10.2. The molecular formula is C12H27NO2. The highest BCUT2D eigenvalue weighted by Gasteiger charge is 2.07. The van der Waals surface area contributed by atoms with E-state index in [4.69, 9.17) is 9.47 Å². The average molecular weight is 217 g/mol. The van der Waals surface area contributed by atoms with Crippen LogP contribution in [0, 0.1) is 0 Å². The Kier molecular flexibility index (Phi) is 10.3. The average Bonchev–Trinajstić information content (AvgIpc) is 2.21. The lowest BCUT2D eigenvalue weighted by atomic mass is 10.3. The summed E-state index contributed by atoms with van der Waals surface area (Å²) in [6.07, 6.45) is 2.93. The third-order valence-corrected chi connectivity index (χ3v) is 2.16. The smallest absolute Gasteiger partial charge is 0.0784 e. The Bertz CT molecular complexity index is 131. The van der Waals surface area contributed by atoms with Gasteiger partial charge in [-0.25, -0.2) is 0 Å². The lowest BCUT2D eigenvalue weighted by Crippen LogP contribution is -2.31. The van der Waals surface area contributed by atoms with Crippen LogP contribution in [0.2, 0.25) is 0 Å². The van der Waals surface area contributed by atoms with Gasteiger partial charge in [-0.2, -0.15) is 0 Å². The zero-order valence-electron chi connectivity index (χ0n) is 10.7. The van der Waals surface area contributed by atoms with E-state index in [9.17, 15) is 0 Å². The van der Waals surface area contributed by atoms with E-state index in [0.29, 0.717) is 6.61 Å². The summed E-state index contributed by atoms with van der Waals surface area (Å²) in [6.45, 7) is 11.8. The number of hydrogen-bond donors (Lipinski definition) is 1. The van der Waals surface area contributed by atoms with Crippen molar-refractivity contribution < 1.29 is 9.47 Å². The molecule has 0 rings (SSSR count). The first-order valence-electron chi connectivity index (χ1n) is 6.14. The molecule has 0 bridgehead atoms. The molecule has 0 aromatic carbocycles. The fourth-order valence-corrected chi connectivity index (χ4v) is 1.37. The van der Waals surface area contributed by atoms with Crippen LogP contribution >= 0.6 is 0 Å². The lowest BCUT2D eigenvalue weighted by molar-refractivity contribution is -0.0383. The van der Waals surface area contributed by atoms with Crippen molar-refractivity contribution in [3.8, 4) is 0 Å². The first kappa shape index (κ1) is 14.9. The fraction of sp³-hybridized carbons (Fsp3) is 1.00. The van der Waals surface area contributed by atoms with Crippen molar-refractivity contribution >= 4 is 0 Å². The maximum atomic E-state index is 5.75. The first-order valence-corrected chi connectivity index (χ1v) is 6.14. The van der Waals surface area contributed by atoms with Crippen molar-refractivity contribution in [1.82, 2.24) is 5.32 Å². The van der Waals surface area contributed by atoms with Crippen molar-refractivity contribution in [2.24, 2.45) is 0 Å². The Hall–Kier alpha value is -0.120. The predicted molar refractivity (Wildman–Crippen MR) is 64.3 cm³/mol. The van der Waals surface area contributed by atoms with E-state index in [-0.39, 0.29) is 12.2 Å². The molecule has 0 aromatic rings. The molecule has 0 aromatic heterocycles. The second kappa shape index (κ2) is 10.4. The molecule has 0 saturated heterocycles. The normalized spacial score (nSPS) is 15.2. The number of ether oxygens (including phenoxy) is 2. The largest absolute Gasteiger partial charge is 0.379 e. The van der Waals surface area contributed by atoms with Gasteiger partial charge in [-0.1, -0.05) is 13.3 Å². The highest BCUT2D eigenvalue weighted by Crippen LogP contribution is 1.98. The Morgan fingerprint density at radius 2 is 1.87 bits per heavy atom. The molecule has 0 radical (unpaired) electrons. The molecule has 15 heavy (non-hydrogen) atoms. The van der Waals surface area contributed by atoms with E-state index >= 15 is 0 Å². The van der Waals surface area contributed by atoms with Gasteiger partial charge in [-0.15, -0.1) is 0 Å². The second-order valence-corrected chi connectivity index (χ2v) is 3.97. The Morgan fingerprint density at radius 1 is 1.13 bits per heavy atom. The molecule has 92 valence electrons. The van der Waals surface area contributed by atoms with Gasteiger partial charge in [0, 0.05) is 13.2 Å². The van der Waals surface area contributed by atoms with Gasteiger partial charge >= 0.3 is 0 Å². The number of nitrogens with one attached hydrogen (secondary N) is 1. The molecule has 0 heterocycles. The van der Waals surface area contributed by atoms with E-state index < -0.39 is 0 Å². The van der Waals surface area contributed by atoms with E-state index in [0.717, 1.165) is 19.7 Å². The van der Waals surface area contributed by atoms with Crippen LogP contribution in [0.1, 0.15) is 40.5 Å². The summed E-state index contributed by atoms with van der Waals surface area (Å²) in [5.41, 5.74) is 0. The number of hydrogen-bond acceptors (Lipinski definition) is 3. The van der Waals surface area contributed by atoms with Gasteiger partial charge in [0.05, 0.1) is 18.8 Å². The Labute approximate surface area is 94.5 Å². The molecule has 2 atom stereocenters. The highest BCUT2D eigenvalue weighted by molar-refractivity contribution is 4.58. The maximum Gasteiger partial charge on any atom is 0.0784 e. The van der Waals surface area contributed by atoms with Crippen LogP contribution in [0.25, 0.3) is 0 Å². The minimum atomic E-state index is 0.188. The van der Waals surface area contributed by atoms with Gasteiger partial charge in [-0.3, -0.25) is 0 Å². The Balaban J connectivity index is 3.33. The molecular weight excluding hydrogens is 190 g/mol. The number of rotatable bonds is 10. The molecule has 0 spiro atoms. The van der Waals surface area contributed by atoms with Crippen LogP contribution in [-0.2, 0) is 9.47 Å². The Morgan fingerprint density at radius 3 is 2.47 bits per heavy atom. The minimum absolute atomic E-state index is 0.188.